The molecule has 0 spiro atoms. The van der Waals surface area contributed by atoms with Gasteiger partial charge in [-0.15, -0.1) is 0 Å². The highest BCUT2D eigenvalue weighted by Gasteiger charge is 2.01. The van der Waals surface area contributed by atoms with Crippen LogP contribution in [0, 0.1) is 6.92 Å². The number of nitrogens with one attached hydrogen (secondary N) is 2. The van der Waals surface area contributed by atoms with E-state index in [0.717, 1.165) is 17.8 Å². The Kier molecular flexibility index (Phi) is 2.62. The molecule has 0 unspecified atom stereocenters. The van der Waals surface area contributed by atoms with Crippen LogP contribution in [-0.2, 0) is 0 Å². The number of rotatable bonds is 3. The van der Waals surface area contributed by atoms with Crippen LogP contribution in [-0.4, -0.2) is 19.9 Å². The van der Waals surface area contributed by atoms with E-state index in [1.807, 2.05) is 19.2 Å². The van der Waals surface area contributed by atoms with Gasteiger partial charge >= 0.3 is 0 Å². The highest BCUT2D eigenvalue weighted by atomic mass is 15.1. The molecule has 0 aromatic carbocycles. The maximum Gasteiger partial charge on any atom is 0.228 e. The Morgan fingerprint density at radius 3 is 3.13 bits per heavy atom. The number of imidazole rings is 1. The number of aryl methyl sites for hydroxylation is 1. The zero-order chi connectivity index (χ0) is 10.7. The number of H-pyrrole nitrogens is 1. The van der Waals surface area contributed by atoms with Crippen molar-refractivity contribution in [1.29, 1.82) is 0 Å². The van der Waals surface area contributed by atoms with Gasteiger partial charge in [0.1, 0.15) is 11.3 Å². The Bertz CT molecular complexity index is 486. The molecule has 0 radical (unpaired) electrons. The second kappa shape index (κ2) is 4.08. The van der Waals surface area contributed by atoms with Crippen molar-refractivity contribution in [2.45, 2.75) is 20.3 Å². The Balaban J connectivity index is 2.26. The van der Waals surface area contributed by atoms with E-state index in [0.29, 0.717) is 11.6 Å². The van der Waals surface area contributed by atoms with E-state index in [9.17, 15) is 0 Å². The predicted octanol–water partition coefficient (Wildman–Crippen LogP) is 2.00. The van der Waals surface area contributed by atoms with Crippen molar-refractivity contribution in [3.8, 4) is 0 Å². The number of nitrogens with zero attached hydrogens (tertiary/aromatic N) is 3. The van der Waals surface area contributed by atoms with Crippen LogP contribution in [0.5, 0.6) is 0 Å². The van der Waals surface area contributed by atoms with Crippen molar-refractivity contribution in [3.05, 3.63) is 24.3 Å². The Morgan fingerprint density at radius 2 is 2.33 bits per heavy atom. The third-order valence-corrected chi connectivity index (χ3v) is 1.92. The minimum atomic E-state index is 0.568. The number of aromatic nitrogens is 4. The molecule has 5 heteroatoms. The molecular weight excluding hydrogens is 190 g/mol. The number of anilines is 1. The lowest BCUT2D eigenvalue weighted by Crippen LogP contribution is -1.94. The Morgan fingerprint density at radius 1 is 1.47 bits per heavy atom. The molecule has 0 aliphatic rings. The largest absolute Gasteiger partial charge is 0.340 e. The van der Waals surface area contributed by atoms with Crippen molar-refractivity contribution in [1.82, 2.24) is 19.9 Å². The quantitative estimate of drug-likeness (QED) is 0.800. The highest BCUT2D eigenvalue weighted by molar-refractivity contribution is 5.70. The van der Waals surface area contributed by atoms with Gasteiger partial charge in [0.25, 0.3) is 0 Å². The molecule has 15 heavy (non-hydrogen) atoms. The summed E-state index contributed by atoms with van der Waals surface area (Å²) in [5.74, 6) is 1.42. The van der Waals surface area contributed by atoms with Crippen LogP contribution in [0.15, 0.2) is 18.5 Å². The molecule has 0 aliphatic carbocycles. The molecule has 2 aromatic rings. The summed E-state index contributed by atoms with van der Waals surface area (Å²) in [6, 6.07) is 0. The van der Waals surface area contributed by atoms with Gasteiger partial charge in [-0.1, -0.05) is 13.0 Å². The molecule has 0 fully saturated rings. The van der Waals surface area contributed by atoms with Gasteiger partial charge in [-0.2, -0.15) is 4.98 Å². The predicted molar refractivity (Wildman–Crippen MR) is 59.5 cm³/mol. The first-order chi connectivity index (χ1) is 7.29. The van der Waals surface area contributed by atoms with Gasteiger partial charge in [-0.3, -0.25) is 0 Å². The molecule has 0 saturated heterocycles. The number of hydrogen-bond donors (Lipinski definition) is 2. The molecule has 2 N–H and O–H groups in total. The zero-order valence-electron chi connectivity index (χ0n) is 8.78. The van der Waals surface area contributed by atoms with Crippen molar-refractivity contribution < 1.29 is 0 Å². The molecule has 0 saturated carbocycles. The highest BCUT2D eigenvalue weighted by Crippen LogP contribution is 2.09. The van der Waals surface area contributed by atoms with Crippen LogP contribution in [0.25, 0.3) is 11.2 Å². The zero-order valence-corrected chi connectivity index (χ0v) is 8.78. The van der Waals surface area contributed by atoms with Crippen molar-refractivity contribution in [2.75, 3.05) is 5.32 Å². The minimum Gasteiger partial charge on any atom is -0.340 e. The molecule has 2 heterocycles. The van der Waals surface area contributed by atoms with Gasteiger partial charge in [0.15, 0.2) is 5.65 Å². The summed E-state index contributed by atoms with van der Waals surface area (Å²) >= 11 is 0. The lowest BCUT2D eigenvalue weighted by Gasteiger charge is -1.96. The summed E-state index contributed by atoms with van der Waals surface area (Å²) in [4.78, 5) is 15.7. The first kappa shape index (κ1) is 9.64. The smallest absolute Gasteiger partial charge is 0.228 e. The summed E-state index contributed by atoms with van der Waals surface area (Å²) < 4.78 is 0. The second-order valence-electron chi connectivity index (χ2n) is 3.21. The fourth-order valence-electron chi connectivity index (χ4n) is 1.25. The molecule has 2 rings (SSSR count). The summed E-state index contributed by atoms with van der Waals surface area (Å²) in [7, 11) is 0. The lowest BCUT2D eigenvalue weighted by atomic mass is 10.5. The maximum atomic E-state index is 4.25. The van der Waals surface area contributed by atoms with E-state index in [2.05, 4.69) is 32.2 Å². The van der Waals surface area contributed by atoms with Crippen LogP contribution in [0.3, 0.4) is 0 Å². The third kappa shape index (κ3) is 2.12. The van der Waals surface area contributed by atoms with E-state index in [-0.39, 0.29) is 0 Å². The molecule has 2 aromatic heterocycles. The molecular formula is C10H13N5. The first-order valence-corrected chi connectivity index (χ1v) is 4.90. The van der Waals surface area contributed by atoms with Crippen LogP contribution in [0.4, 0.5) is 5.95 Å². The first-order valence-electron chi connectivity index (χ1n) is 4.90. The van der Waals surface area contributed by atoms with E-state index < -0.39 is 0 Å². The normalized spacial score (nSPS) is 11.3. The minimum absolute atomic E-state index is 0.568. The van der Waals surface area contributed by atoms with Crippen LogP contribution in [0.1, 0.15) is 19.2 Å². The molecule has 78 valence electrons. The molecule has 0 aliphatic heterocycles. The van der Waals surface area contributed by atoms with Crippen LogP contribution < -0.4 is 5.32 Å². The summed E-state index contributed by atoms with van der Waals surface area (Å²) in [5, 5.41) is 2.99. The van der Waals surface area contributed by atoms with E-state index in [1.54, 1.807) is 6.20 Å². The summed E-state index contributed by atoms with van der Waals surface area (Å²) in [5.41, 5.74) is 1.55. The van der Waals surface area contributed by atoms with Crippen LogP contribution >= 0.6 is 0 Å². The van der Waals surface area contributed by atoms with Crippen molar-refractivity contribution in [3.63, 3.8) is 0 Å². The van der Waals surface area contributed by atoms with E-state index in [1.165, 1.54) is 0 Å². The molecule has 5 nitrogen and oxygen atoms in total. The fraction of sp³-hybridized carbons (Fsp3) is 0.300. The van der Waals surface area contributed by atoms with Gasteiger partial charge in [0.05, 0.1) is 6.20 Å². The monoisotopic (exact) mass is 203 g/mol. The van der Waals surface area contributed by atoms with Gasteiger partial charge < -0.3 is 10.3 Å². The molecule has 0 amide bonds. The van der Waals surface area contributed by atoms with E-state index >= 15 is 0 Å². The second-order valence-corrected chi connectivity index (χ2v) is 3.21. The number of aromatic amines is 1. The maximum absolute atomic E-state index is 4.25. The van der Waals surface area contributed by atoms with Crippen LogP contribution in [0.2, 0.25) is 0 Å². The fourth-order valence-corrected chi connectivity index (χ4v) is 1.25. The van der Waals surface area contributed by atoms with Gasteiger partial charge in [-0.25, -0.2) is 9.97 Å². The van der Waals surface area contributed by atoms with Crippen molar-refractivity contribution >= 4 is 17.1 Å². The van der Waals surface area contributed by atoms with Gasteiger partial charge in [0.2, 0.25) is 5.95 Å². The number of allylic oxidation sites excluding steroid dienone is 1. The average molecular weight is 203 g/mol. The SMILES string of the molecule is CC/C=C/Nc1ncc2[nH]c(C)nc2n1. The third-order valence-electron chi connectivity index (χ3n) is 1.92. The van der Waals surface area contributed by atoms with Gasteiger partial charge in [-0.05, 0) is 19.5 Å². The Labute approximate surface area is 87.7 Å². The summed E-state index contributed by atoms with van der Waals surface area (Å²) in [6.45, 7) is 3.96. The van der Waals surface area contributed by atoms with Crippen molar-refractivity contribution in [2.24, 2.45) is 0 Å². The van der Waals surface area contributed by atoms with E-state index in [4.69, 9.17) is 0 Å². The summed E-state index contributed by atoms with van der Waals surface area (Å²) in [6.07, 6.45) is 6.55. The molecule has 0 bridgehead atoms. The Hall–Kier alpha value is -1.91. The molecule has 0 atom stereocenters. The number of hydrogen-bond acceptors (Lipinski definition) is 4. The standard InChI is InChI=1S/C10H13N5/c1-3-4-5-11-10-12-6-8-9(15-10)14-7(2)13-8/h4-6H,3H2,1-2H3,(H2,11,12,13,14,15)/b5-4+. The van der Waals surface area contributed by atoms with Gasteiger partial charge in [0, 0.05) is 0 Å². The lowest BCUT2D eigenvalue weighted by molar-refractivity contribution is 1.15. The number of fused-ring (bicyclic) bond motifs is 1. The average Bonchev–Trinajstić information content (AvgIpc) is 2.57. The topological polar surface area (TPSA) is 66.5 Å².